The number of nitrogen functional groups attached to an aromatic ring is 1. The number of anilines is 2. The van der Waals surface area contributed by atoms with Crippen LogP contribution in [0.4, 0.5) is 10.7 Å². The smallest absolute Gasteiger partial charge is 0.260 e. The Morgan fingerprint density at radius 1 is 1.44 bits per heavy atom. The van der Waals surface area contributed by atoms with Gasteiger partial charge in [0.1, 0.15) is 4.88 Å². The molecule has 1 aromatic heterocycles. The molecule has 5 N–H and O–H groups in total. The van der Waals surface area contributed by atoms with E-state index in [1.54, 1.807) is 6.07 Å². The van der Waals surface area contributed by atoms with E-state index in [0.717, 1.165) is 37.6 Å². The molecule has 1 rings (SSSR count). The maximum atomic E-state index is 11.1. The van der Waals surface area contributed by atoms with Gasteiger partial charge in [0.2, 0.25) is 0 Å². The molecule has 0 saturated heterocycles. The van der Waals surface area contributed by atoms with Crippen molar-refractivity contribution in [2.24, 2.45) is 5.73 Å². The van der Waals surface area contributed by atoms with Crippen LogP contribution < -0.4 is 16.8 Å². The summed E-state index contributed by atoms with van der Waals surface area (Å²) < 4.78 is 0. The predicted octanol–water partition coefficient (Wildman–Crippen LogP) is 1.57. The highest BCUT2D eigenvalue weighted by molar-refractivity contribution is 7.18. The monoisotopic (exact) mass is 270 g/mol. The Balaban J connectivity index is 2.44. The van der Waals surface area contributed by atoms with Crippen LogP contribution in [0.2, 0.25) is 0 Å². The predicted molar refractivity (Wildman–Crippen MR) is 78.1 cm³/mol. The maximum absolute atomic E-state index is 11.1. The van der Waals surface area contributed by atoms with Crippen molar-refractivity contribution in [3.63, 3.8) is 0 Å². The second-order valence-electron chi connectivity index (χ2n) is 4.12. The molecule has 0 aliphatic heterocycles. The number of nitrogens with one attached hydrogen (secondary N) is 1. The van der Waals surface area contributed by atoms with Gasteiger partial charge in [-0.05, 0) is 25.6 Å². The molecule has 5 nitrogen and oxygen atoms in total. The lowest BCUT2D eigenvalue weighted by Crippen LogP contribution is -2.29. The van der Waals surface area contributed by atoms with Crippen molar-refractivity contribution in [3.8, 4) is 0 Å². The van der Waals surface area contributed by atoms with Crippen molar-refractivity contribution in [1.29, 1.82) is 0 Å². The van der Waals surface area contributed by atoms with E-state index in [1.807, 2.05) is 0 Å². The molecular formula is C12H22N4OS. The topological polar surface area (TPSA) is 84.4 Å². The van der Waals surface area contributed by atoms with E-state index in [1.165, 1.54) is 11.3 Å². The maximum Gasteiger partial charge on any atom is 0.260 e. The fourth-order valence-corrected chi connectivity index (χ4v) is 2.62. The van der Waals surface area contributed by atoms with Crippen LogP contribution in [0.15, 0.2) is 6.07 Å². The first-order chi connectivity index (χ1) is 8.58. The third kappa shape index (κ3) is 4.19. The van der Waals surface area contributed by atoms with Crippen molar-refractivity contribution in [3.05, 3.63) is 10.9 Å². The zero-order chi connectivity index (χ0) is 13.5. The van der Waals surface area contributed by atoms with Crippen molar-refractivity contribution < 1.29 is 4.79 Å². The highest BCUT2D eigenvalue weighted by atomic mass is 32.1. The minimum absolute atomic E-state index is 0.429. The van der Waals surface area contributed by atoms with Gasteiger partial charge in [-0.1, -0.05) is 13.8 Å². The molecule has 0 unspecified atom stereocenters. The largest absolute Gasteiger partial charge is 0.397 e. The average Bonchev–Trinajstić information content (AvgIpc) is 2.69. The van der Waals surface area contributed by atoms with E-state index in [0.29, 0.717) is 10.6 Å². The summed E-state index contributed by atoms with van der Waals surface area (Å²) in [6.45, 7) is 8.31. The molecule has 0 aromatic carbocycles. The van der Waals surface area contributed by atoms with Gasteiger partial charge < -0.3 is 21.7 Å². The first kappa shape index (κ1) is 14.8. The lowest BCUT2D eigenvalue weighted by Gasteiger charge is -2.19. The van der Waals surface area contributed by atoms with Crippen LogP contribution in [0, 0.1) is 0 Å². The fraction of sp³-hybridized carbons (Fsp3) is 0.583. The summed E-state index contributed by atoms with van der Waals surface area (Å²) in [5, 5.41) is 4.17. The Hall–Kier alpha value is -1.27. The SMILES string of the molecule is CCCN(CC)CCNc1cc(N)c(C(N)=O)s1. The normalized spacial score (nSPS) is 10.8. The summed E-state index contributed by atoms with van der Waals surface area (Å²) in [7, 11) is 0. The first-order valence-corrected chi connectivity index (χ1v) is 7.05. The Morgan fingerprint density at radius 3 is 2.67 bits per heavy atom. The molecule has 18 heavy (non-hydrogen) atoms. The van der Waals surface area contributed by atoms with Crippen LogP contribution in [0.25, 0.3) is 0 Å². The Labute approximate surface area is 112 Å². The Kier molecular flexibility index (Phi) is 5.94. The van der Waals surface area contributed by atoms with Crippen LogP contribution in [0.1, 0.15) is 29.9 Å². The molecule has 0 atom stereocenters. The number of carbonyl (C=O) groups is 1. The van der Waals surface area contributed by atoms with Crippen LogP contribution >= 0.6 is 11.3 Å². The zero-order valence-electron chi connectivity index (χ0n) is 11.0. The van der Waals surface area contributed by atoms with Gasteiger partial charge >= 0.3 is 0 Å². The molecule has 1 heterocycles. The average molecular weight is 270 g/mol. The van der Waals surface area contributed by atoms with Gasteiger partial charge in [-0.25, -0.2) is 0 Å². The van der Waals surface area contributed by atoms with E-state index in [2.05, 4.69) is 24.1 Å². The molecule has 0 radical (unpaired) electrons. The minimum atomic E-state index is -0.466. The number of likely N-dealkylation sites (N-methyl/N-ethyl adjacent to an activating group) is 1. The van der Waals surface area contributed by atoms with Crippen LogP contribution in [0.5, 0.6) is 0 Å². The third-order valence-electron chi connectivity index (χ3n) is 2.70. The van der Waals surface area contributed by atoms with Gasteiger partial charge in [0.25, 0.3) is 5.91 Å². The molecule has 6 heteroatoms. The van der Waals surface area contributed by atoms with E-state index in [4.69, 9.17) is 11.5 Å². The van der Waals surface area contributed by atoms with E-state index >= 15 is 0 Å². The van der Waals surface area contributed by atoms with E-state index in [-0.39, 0.29) is 0 Å². The number of primary amides is 1. The molecule has 0 aliphatic rings. The number of nitrogens with zero attached hydrogens (tertiary/aromatic N) is 1. The summed E-state index contributed by atoms with van der Waals surface area (Å²) >= 11 is 1.31. The molecular weight excluding hydrogens is 248 g/mol. The number of hydrogen-bond acceptors (Lipinski definition) is 5. The highest BCUT2D eigenvalue weighted by Crippen LogP contribution is 2.28. The molecule has 0 spiro atoms. The minimum Gasteiger partial charge on any atom is -0.397 e. The van der Waals surface area contributed by atoms with Crippen molar-refractivity contribution in [2.45, 2.75) is 20.3 Å². The fourth-order valence-electron chi connectivity index (χ4n) is 1.77. The number of carbonyl (C=O) groups excluding carboxylic acids is 1. The van der Waals surface area contributed by atoms with Crippen molar-refractivity contribution >= 4 is 27.9 Å². The summed E-state index contributed by atoms with van der Waals surface area (Å²) in [4.78, 5) is 13.9. The zero-order valence-corrected chi connectivity index (χ0v) is 11.8. The standard InChI is InChI=1S/C12H22N4OS/c1-3-6-16(4-2)7-5-15-10-8-9(13)11(18-10)12(14)17/h8,15H,3-7,13H2,1-2H3,(H2,14,17). The molecule has 1 aromatic rings. The molecule has 0 saturated carbocycles. The molecule has 1 amide bonds. The first-order valence-electron chi connectivity index (χ1n) is 6.23. The Morgan fingerprint density at radius 2 is 2.17 bits per heavy atom. The lowest BCUT2D eigenvalue weighted by molar-refractivity contribution is 0.100. The second-order valence-corrected chi connectivity index (χ2v) is 5.17. The quantitative estimate of drug-likeness (QED) is 0.669. The van der Waals surface area contributed by atoms with Gasteiger partial charge in [0.15, 0.2) is 0 Å². The van der Waals surface area contributed by atoms with Crippen LogP contribution in [-0.4, -0.2) is 37.0 Å². The van der Waals surface area contributed by atoms with Gasteiger partial charge in [0, 0.05) is 13.1 Å². The third-order valence-corrected chi connectivity index (χ3v) is 3.82. The molecule has 0 aliphatic carbocycles. The number of amides is 1. The van der Waals surface area contributed by atoms with Gasteiger partial charge in [-0.15, -0.1) is 11.3 Å². The van der Waals surface area contributed by atoms with E-state index in [9.17, 15) is 4.79 Å². The summed E-state index contributed by atoms with van der Waals surface area (Å²) in [6.07, 6.45) is 1.16. The Bertz CT molecular complexity index is 391. The highest BCUT2D eigenvalue weighted by Gasteiger charge is 2.11. The summed E-state index contributed by atoms with van der Waals surface area (Å²) in [5.74, 6) is -0.466. The van der Waals surface area contributed by atoms with Gasteiger partial charge in [-0.3, -0.25) is 4.79 Å². The molecule has 102 valence electrons. The lowest BCUT2D eigenvalue weighted by atomic mass is 10.4. The summed E-state index contributed by atoms with van der Waals surface area (Å²) in [5.41, 5.74) is 11.4. The number of thiophene rings is 1. The number of hydrogen-bond donors (Lipinski definition) is 3. The van der Waals surface area contributed by atoms with Crippen LogP contribution in [-0.2, 0) is 0 Å². The van der Waals surface area contributed by atoms with Crippen molar-refractivity contribution in [1.82, 2.24) is 4.90 Å². The van der Waals surface area contributed by atoms with Crippen molar-refractivity contribution in [2.75, 3.05) is 37.2 Å². The second kappa shape index (κ2) is 7.23. The van der Waals surface area contributed by atoms with Crippen LogP contribution in [0.3, 0.4) is 0 Å². The van der Waals surface area contributed by atoms with Gasteiger partial charge in [0.05, 0.1) is 10.7 Å². The molecule has 0 bridgehead atoms. The van der Waals surface area contributed by atoms with Gasteiger partial charge in [-0.2, -0.15) is 0 Å². The van der Waals surface area contributed by atoms with E-state index < -0.39 is 5.91 Å². The summed E-state index contributed by atoms with van der Waals surface area (Å²) in [6, 6.07) is 1.76. The molecule has 0 fully saturated rings. The number of rotatable bonds is 8. The number of nitrogens with two attached hydrogens (primary N) is 2.